The minimum Gasteiger partial charge on any atom is -0.460 e. The van der Waals surface area contributed by atoms with E-state index in [1.807, 2.05) is 6.92 Å². The van der Waals surface area contributed by atoms with Gasteiger partial charge in [0, 0.05) is 7.05 Å². The zero-order valence-electron chi connectivity index (χ0n) is 7.80. The van der Waals surface area contributed by atoms with Crippen LogP contribution in [0.15, 0.2) is 4.60 Å². The molecule has 0 aliphatic carbocycles. The molecule has 0 saturated heterocycles. The average Bonchev–Trinajstić information content (AvgIpc) is 2.33. The van der Waals surface area contributed by atoms with Gasteiger partial charge < -0.3 is 9.30 Å². The fourth-order valence-electron chi connectivity index (χ4n) is 0.994. The van der Waals surface area contributed by atoms with E-state index in [2.05, 4.69) is 20.9 Å². The molecule has 0 spiro atoms. The van der Waals surface area contributed by atoms with Crippen molar-refractivity contribution in [2.75, 3.05) is 6.61 Å². The number of hydrogen-bond donors (Lipinski definition) is 0. The predicted molar refractivity (Wildman–Crippen MR) is 51.6 cm³/mol. The molecule has 4 nitrogen and oxygen atoms in total. The van der Waals surface area contributed by atoms with Crippen LogP contribution in [0.5, 0.6) is 0 Å². The summed E-state index contributed by atoms with van der Waals surface area (Å²) in [4.78, 5) is 15.4. The van der Waals surface area contributed by atoms with E-state index in [9.17, 15) is 4.79 Å². The maximum absolute atomic E-state index is 11.3. The molecule has 1 aromatic rings. The maximum Gasteiger partial charge on any atom is 0.374 e. The van der Waals surface area contributed by atoms with E-state index >= 15 is 0 Å². The van der Waals surface area contributed by atoms with Crippen LogP contribution in [0.1, 0.15) is 23.2 Å². The van der Waals surface area contributed by atoms with E-state index in [0.717, 1.165) is 10.3 Å². The largest absolute Gasteiger partial charge is 0.460 e. The molecule has 0 bridgehead atoms. The first-order valence-electron chi connectivity index (χ1n) is 3.93. The van der Waals surface area contributed by atoms with Crippen molar-refractivity contribution in [3.63, 3.8) is 0 Å². The molecule has 0 aliphatic heterocycles. The van der Waals surface area contributed by atoms with Crippen molar-refractivity contribution in [1.82, 2.24) is 9.55 Å². The first-order valence-corrected chi connectivity index (χ1v) is 4.73. The summed E-state index contributed by atoms with van der Waals surface area (Å²) in [7, 11) is 1.76. The van der Waals surface area contributed by atoms with Crippen LogP contribution in [-0.2, 0) is 11.8 Å². The topological polar surface area (TPSA) is 44.1 Å². The Hall–Kier alpha value is -0.840. The van der Waals surface area contributed by atoms with Gasteiger partial charge in [-0.1, -0.05) is 0 Å². The average molecular weight is 247 g/mol. The normalized spacial score (nSPS) is 10.2. The third kappa shape index (κ3) is 1.91. The number of esters is 1. The third-order valence-electron chi connectivity index (χ3n) is 1.64. The summed E-state index contributed by atoms with van der Waals surface area (Å²) >= 11 is 3.31. The van der Waals surface area contributed by atoms with Crippen LogP contribution in [0, 0.1) is 6.92 Å². The predicted octanol–water partition coefficient (Wildman–Crippen LogP) is 1.67. The molecule has 5 heteroatoms. The van der Waals surface area contributed by atoms with E-state index in [1.165, 1.54) is 0 Å². The van der Waals surface area contributed by atoms with E-state index in [-0.39, 0.29) is 5.97 Å². The van der Waals surface area contributed by atoms with Crippen LogP contribution in [0.3, 0.4) is 0 Å². The summed E-state index contributed by atoms with van der Waals surface area (Å²) < 4.78 is 7.30. The van der Waals surface area contributed by atoms with Crippen molar-refractivity contribution < 1.29 is 9.53 Å². The van der Waals surface area contributed by atoms with Crippen LogP contribution >= 0.6 is 15.9 Å². The number of rotatable bonds is 2. The highest BCUT2D eigenvalue weighted by atomic mass is 79.9. The zero-order valence-corrected chi connectivity index (χ0v) is 9.38. The monoisotopic (exact) mass is 246 g/mol. The molecule has 0 aliphatic rings. The highest BCUT2D eigenvalue weighted by Gasteiger charge is 2.16. The van der Waals surface area contributed by atoms with Crippen molar-refractivity contribution in [3.8, 4) is 0 Å². The fraction of sp³-hybridized carbons (Fsp3) is 0.500. The van der Waals surface area contributed by atoms with Gasteiger partial charge in [0.15, 0.2) is 0 Å². The molecule has 0 amide bonds. The molecule has 1 aromatic heterocycles. The molecule has 0 unspecified atom stereocenters. The Morgan fingerprint density at radius 2 is 2.31 bits per heavy atom. The van der Waals surface area contributed by atoms with Gasteiger partial charge in [-0.25, -0.2) is 9.78 Å². The van der Waals surface area contributed by atoms with Gasteiger partial charge in [0.25, 0.3) is 0 Å². The molecule has 1 heterocycles. The van der Waals surface area contributed by atoms with E-state index < -0.39 is 0 Å². The number of aryl methyl sites for hydroxylation is 1. The highest BCUT2D eigenvalue weighted by molar-refractivity contribution is 9.10. The van der Waals surface area contributed by atoms with Crippen molar-refractivity contribution in [1.29, 1.82) is 0 Å². The number of ether oxygens (including phenoxy) is 1. The highest BCUT2D eigenvalue weighted by Crippen LogP contribution is 2.16. The Bertz CT molecular complexity index is 333. The number of nitrogens with zero attached hydrogens (tertiary/aromatic N) is 2. The quantitative estimate of drug-likeness (QED) is 0.746. The Labute approximate surface area is 85.0 Å². The lowest BCUT2D eigenvalue weighted by Gasteiger charge is -2.01. The van der Waals surface area contributed by atoms with Crippen LogP contribution < -0.4 is 0 Å². The second-order valence-electron chi connectivity index (χ2n) is 2.59. The van der Waals surface area contributed by atoms with E-state index in [1.54, 1.807) is 18.5 Å². The van der Waals surface area contributed by atoms with Gasteiger partial charge in [-0.3, -0.25) is 0 Å². The van der Waals surface area contributed by atoms with Crippen molar-refractivity contribution in [2.24, 2.45) is 7.05 Å². The Morgan fingerprint density at radius 3 is 2.69 bits per heavy atom. The van der Waals surface area contributed by atoms with Crippen LogP contribution in [0.4, 0.5) is 0 Å². The molecule has 0 aromatic carbocycles. The molecule has 13 heavy (non-hydrogen) atoms. The van der Waals surface area contributed by atoms with Crippen LogP contribution in [0.2, 0.25) is 0 Å². The summed E-state index contributed by atoms with van der Waals surface area (Å²) in [6.07, 6.45) is 0. The summed E-state index contributed by atoms with van der Waals surface area (Å²) in [6.45, 7) is 3.96. The second kappa shape index (κ2) is 3.91. The summed E-state index contributed by atoms with van der Waals surface area (Å²) in [5, 5.41) is 0. The van der Waals surface area contributed by atoms with Gasteiger partial charge in [-0.15, -0.1) is 0 Å². The minimum absolute atomic E-state index is 0.325. The summed E-state index contributed by atoms with van der Waals surface area (Å²) in [5.41, 5.74) is 0.783. The van der Waals surface area contributed by atoms with Gasteiger partial charge in [0.2, 0.25) is 5.82 Å². The number of imidazole rings is 1. The standard InChI is InChI=1S/C8H11BrN2O2/c1-4-13-8(12)7-10-5(2)6(9)11(7)3/h4H2,1-3H3. The molecular weight excluding hydrogens is 236 g/mol. The zero-order chi connectivity index (χ0) is 10.0. The SMILES string of the molecule is CCOC(=O)c1nc(C)c(Br)n1C. The molecular formula is C8H11BrN2O2. The van der Waals surface area contributed by atoms with Gasteiger partial charge >= 0.3 is 5.97 Å². The van der Waals surface area contributed by atoms with Gasteiger partial charge in [-0.05, 0) is 29.8 Å². The number of hydrogen-bond acceptors (Lipinski definition) is 3. The smallest absolute Gasteiger partial charge is 0.374 e. The number of carbonyl (C=O) groups is 1. The number of carbonyl (C=O) groups excluding carboxylic acids is 1. The Morgan fingerprint density at radius 1 is 1.69 bits per heavy atom. The molecule has 0 saturated carbocycles. The summed E-state index contributed by atoms with van der Waals surface area (Å²) in [5.74, 6) is -0.0648. The molecule has 0 N–H and O–H groups in total. The Balaban J connectivity index is 3.01. The molecule has 0 atom stereocenters. The lowest BCUT2D eigenvalue weighted by molar-refractivity contribution is 0.0507. The first kappa shape index (κ1) is 10.2. The maximum atomic E-state index is 11.3. The van der Waals surface area contributed by atoms with Crippen molar-refractivity contribution >= 4 is 21.9 Å². The summed E-state index contributed by atoms with van der Waals surface area (Å²) in [6, 6.07) is 0. The van der Waals surface area contributed by atoms with E-state index in [4.69, 9.17) is 4.74 Å². The number of halogens is 1. The lowest BCUT2D eigenvalue weighted by Crippen LogP contribution is -2.11. The van der Waals surface area contributed by atoms with Gasteiger partial charge in [0.1, 0.15) is 4.60 Å². The van der Waals surface area contributed by atoms with E-state index in [0.29, 0.717) is 12.4 Å². The van der Waals surface area contributed by atoms with Crippen molar-refractivity contribution in [2.45, 2.75) is 13.8 Å². The molecule has 0 radical (unpaired) electrons. The second-order valence-corrected chi connectivity index (χ2v) is 3.34. The molecule has 0 fully saturated rings. The number of aromatic nitrogens is 2. The first-order chi connectivity index (χ1) is 6.07. The molecule has 72 valence electrons. The van der Waals surface area contributed by atoms with Crippen LogP contribution in [0.25, 0.3) is 0 Å². The van der Waals surface area contributed by atoms with Crippen molar-refractivity contribution in [3.05, 3.63) is 16.1 Å². The fourth-order valence-corrected chi connectivity index (χ4v) is 1.25. The third-order valence-corrected chi connectivity index (χ3v) is 2.75. The Kier molecular flexibility index (Phi) is 3.08. The lowest BCUT2D eigenvalue weighted by atomic mass is 10.6. The van der Waals surface area contributed by atoms with Gasteiger partial charge in [0.05, 0.1) is 12.3 Å². The van der Waals surface area contributed by atoms with Crippen LogP contribution in [-0.4, -0.2) is 22.1 Å². The van der Waals surface area contributed by atoms with Gasteiger partial charge in [-0.2, -0.15) is 0 Å². The minimum atomic E-state index is -0.390. The molecule has 1 rings (SSSR count).